The number of rotatable bonds is 7. The van der Waals surface area contributed by atoms with Gasteiger partial charge < -0.3 is 10.1 Å². The Morgan fingerprint density at radius 1 is 1.21 bits per heavy atom. The molecule has 0 unspecified atom stereocenters. The first-order valence-corrected chi connectivity index (χ1v) is 11.7. The summed E-state index contributed by atoms with van der Waals surface area (Å²) in [6.07, 6.45) is 2.13. The van der Waals surface area contributed by atoms with Crippen LogP contribution in [0.4, 0.5) is 11.4 Å². The average Bonchev–Trinajstić information content (AvgIpc) is 2.66. The molecule has 29 heavy (non-hydrogen) atoms. The van der Waals surface area contributed by atoms with E-state index < -0.39 is 10.0 Å². The smallest absolute Gasteiger partial charge is 0.262 e. The summed E-state index contributed by atoms with van der Waals surface area (Å²) in [6, 6.07) is 10.1. The maximum atomic E-state index is 12.6. The van der Waals surface area contributed by atoms with Gasteiger partial charge in [0, 0.05) is 17.3 Å². The summed E-state index contributed by atoms with van der Waals surface area (Å²) < 4.78 is 32.1. The SMILES string of the molecule is CCCS(=O)(=O)N1CCCc2ccc(NC(=O)COc3ccc(Cl)cc3Cl)cc21. The number of hydrogen-bond donors (Lipinski definition) is 1. The van der Waals surface area contributed by atoms with E-state index in [-0.39, 0.29) is 18.3 Å². The molecule has 0 bridgehead atoms. The second-order valence-corrected chi connectivity index (χ2v) is 9.60. The molecule has 156 valence electrons. The first-order chi connectivity index (χ1) is 13.8. The summed E-state index contributed by atoms with van der Waals surface area (Å²) in [5.74, 6) is 0.0712. The van der Waals surface area contributed by atoms with Crippen LogP contribution in [0.2, 0.25) is 10.0 Å². The van der Waals surface area contributed by atoms with Crippen molar-refractivity contribution in [3.05, 3.63) is 52.0 Å². The van der Waals surface area contributed by atoms with Gasteiger partial charge in [-0.3, -0.25) is 9.10 Å². The summed E-state index contributed by atoms with van der Waals surface area (Å²) in [7, 11) is -3.38. The molecule has 0 saturated carbocycles. The number of sulfonamides is 1. The van der Waals surface area contributed by atoms with Crippen LogP contribution in [-0.4, -0.2) is 33.2 Å². The maximum absolute atomic E-state index is 12.6. The minimum atomic E-state index is -3.38. The lowest BCUT2D eigenvalue weighted by atomic mass is 10.0. The number of aryl methyl sites for hydroxylation is 1. The third-order valence-electron chi connectivity index (χ3n) is 4.50. The quantitative estimate of drug-likeness (QED) is 0.664. The summed E-state index contributed by atoms with van der Waals surface area (Å²) in [5.41, 5.74) is 2.10. The molecule has 1 N–H and O–H groups in total. The number of carbonyl (C=O) groups excluding carboxylic acids is 1. The normalized spacial score (nSPS) is 13.7. The van der Waals surface area contributed by atoms with Crippen molar-refractivity contribution in [2.75, 3.05) is 28.5 Å². The van der Waals surface area contributed by atoms with Crippen molar-refractivity contribution in [1.82, 2.24) is 0 Å². The fourth-order valence-corrected chi connectivity index (χ4v) is 5.28. The van der Waals surface area contributed by atoms with Crippen LogP contribution in [0.5, 0.6) is 5.75 Å². The van der Waals surface area contributed by atoms with Crippen molar-refractivity contribution in [1.29, 1.82) is 0 Å². The molecule has 0 aromatic heterocycles. The summed E-state index contributed by atoms with van der Waals surface area (Å²) >= 11 is 11.9. The van der Waals surface area contributed by atoms with Gasteiger partial charge in [-0.25, -0.2) is 8.42 Å². The first-order valence-electron chi connectivity index (χ1n) is 9.31. The van der Waals surface area contributed by atoms with E-state index in [9.17, 15) is 13.2 Å². The van der Waals surface area contributed by atoms with Gasteiger partial charge in [0.15, 0.2) is 6.61 Å². The zero-order valence-electron chi connectivity index (χ0n) is 16.0. The Morgan fingerprint density at radius 3 is 2.72 bits per heavy atom. The predicted molar refractivity (Wildman–Crippen MR) is 117 cm³/mol. The molecule has 0 saturated heterocycles. The molecule has 9 heteroatoms. The van der Waals surface area contributed by atoms with E-state index in [0.29, 0.717) is 40.1 Å². The molecule has 3 rings (SSSR count). The molecule has 0 spiro atoms. The third kappa shape index (κ3) is 5.35. The molecule has 0 radical (unpaired) electrons. The van der Waals surface area contributed by atoms with E-state index in [2.05, 4.69) is 5.32 Å². The van der Waals surface area contributed by atoms with Crippen LogP contribution in [0.25, 0.3) is 0 Å². The number of hydrogen-bond acceptors (Lipinski definition) is 4. The Balaban J connectivity index is 1.71. The lowest BCUT2D eigenvalue weighted by Gasteiger charge is -2.31. The maximum Gasteiger partial charge on any atom is 0.262 e. The van der Waals surface area contributed by atoms with E-state index in [4.69, 9.17) is 27.9 Å². The largest absolute Gasteiger partial charge is 0.482 e. The number of nitrogens with one attached hydrogen (secondary N) is 1. The summed E-state index contributed by atoms with van der Waals surface area (Å²) in [5, 5.41) is 3.53. The second kappa shape index (κ2) is 9.24. The van der Waals surface area contributed by atoms with Crippen LogP contribution in [0.15, 0.2) is 36.4 Å². The highest BCUT2D eigenvalue weighted by Crippen LogP contribution is 2.32. The van der Waals surface area contributed by atoms with Crippen molar-refractivity contribution >= 4 is 50.5 Å². The van der Waals surface area contributed by atoms with E-state index in [0.717, 1.165) is 18.4 Å². The van der Waals surface area contributed by atoms with Gasteiger partial charge in [0.2, 0.25) is 10.0 Å². The number of carbonyl (C=O) groups is 1. The van der Waals surface area contributed by atoms with Crippen molar-refractivity contribution in [2.45, 2.75) is 26.2 Å². The standard InChI is InChI=1S/C20H22Cl2N2O4S/c1-2-10-29(26,27)24-9-3-4-14-5-7-16(12-18(14)24)23-20(25)13-28-19-8-6-15(21)11-17(19)22/h5-8,11-12H,2-4,9-10,13H2,1H3,(H,23,25). The molecule has 1 heterocycles. The highest BCUT2D eigenvalue weighted by atomic mass is 35.5. The van der Waals surface area contributed by atoms with Crippen molar-refractivity contribution in [2.24, 2.45) is 0 Å². The molecule has 0 atom stereocenters. The zero-order valence-corrected chi connectivity index (χ0v) is 18.3. The average molecular weight is 457 g/mol. The highest BCUT2D eigenvalue weighted by molar-refractivity contribution is 7.92. The highest BCUT2D eigenvalue weighted by Gasteiger charge is 2.27. The summed E-state index contributed by atoms with van der Waals surface area (Å²) in [4.78, 5) is 12.3. The molecule has 2 aromatic carbocycles. The predicted octanol–water partition coefficient (Wildman–Crippen LogP) is 4.50. The van der Waals surface area contributed by atoms with E-state index >= 15 is 0 Å². The van der Waals surface area contributed by atoms with Gasteiger partial charge in [0.05, 0.1) is 16.5 Å². The number of benzene rings is 2. The Labute approximate surface area is 180 Å². The molecular weight excluding hydrogens is 435 g/mol. The number of halogens is 2. The molecule has 6 nitrogen and oxygen atoms in total. The lowest BCUT2D eigenvalue weighted by molar-refractivity contribution is -0.118. The summed E-state index contributed by atoms with van der Waals surface area (Å²) in [6.45, 7) is 2.05. The molecule has 0 aliphatic carbocycles. The van der Waals surface area contributed by atoms with Crippen molar-refractivity contribution in [3.63, 3.8) is 0 Å². The van der Waals surface area contributed by atoms with E-state index in [1.807, 2.05) is 13.0 Å². The fraction of sp³-hybridized carbons (Fsp3) is 0.350. The van der Waals surface area contributed by atoms with E-state index in [1.54, 1.807) is 24.3 Å². The van der Waals surface area contributed by atoms with Crippen LogP contribution >= 0.6 is 23.2 Å². The lowest BCUT2D eigenvalue weighted by Crippen LogP contribution is -2.37. The van der Waals surface area contributed by atoms with Gasteiger partial charge in [-0.05, 0) is 55.2 Å². The molecule has 2 aromatic rings. The third-order valence-corrected chi connectivity index (χ3v) is 7.00. The number of nitrogens with zero attached hydrogens (tertiary/aromatic N) is 1. The van der Waals surface area contributed by atoms with Gasteiger partial charge in [-0.2, -0.15) is 0 Å². The number of amides is 1. The Hall–Kier alpha value is -1.96. The van der Waals surface area contributed by atoms with Gasteiger partial charge in [0.25, 0.3) is 5.91 Å². The van der Waals surface area contributed by atoms with Gasteiger partial charge in [-0.15, -0.1) is 0 Å². The topological polar surface area (TPSA) is 75.7 Å². The van der Waals surface area contributed by atoms with Gasteiger partial charge in [0.1, 0.15) is 5.75 Å². The van der Waals surface area contributed by atoms with Crippen molar-refractivity contribution < 1.29 is 17.9 Å². The van der Waals surface area contributed by atoms with Gasteiger partial charge >= 0.3 is 0 Å². The van der Waals surface area contributed by atoms with Gasteiger partial charge in [-0.1, -0.05) is 36.2 Å². The van der Waals surface area contributed by atoms with Crippen LogP contribution in [0, 0.1) is 0 Å². The molecule has 1 amide bonds. The molecule has 1 aliphatic heterocycles. The number of ether oxygens (including phenoxy) is 1. The second-order valence-electron chi connectivity index (χ2n) is 6.75. The van der Waals surface area contributed by atoms with Crippen LogP contribution in [0.3, 0.4) is 0 Å². The van der Waals surface area contributed by atoms with Crippen LogP contribution < -0.4 is 14.4 Å². The minimum Gasteiger partial charge on any atom is -0.482 e. The fourth-order valence-electron chi connectivity index (χ4n) is 3.21. The first kappa shape index (κ1) is 21.7. The molecule has 0 fully saturated rings. The Kier molecular flexibility index (Phi) is 6.93. The number of anilines is 2. The van der Waals surface area contributed by atoms with Crippen LogP contribution in [0.1, 0.15) is 25.3 Å². The Morgan fingerprint density at radius 2 is 2.00 bits per heavy atom. The zero-order chi connectivity index (χ0) is 21.0. The number of fused-ring (bicyclic) bond motifs is 1. The van der Waals surface area contributed by atoms with Crippen molar-refractivity contribution in [3.8, 4) is 5.75 Å². The van der Waals surface area contributed by atoms with Crippen LogP contribution in [-0.2, 0) is 21.2 Å². The van der Waals surface area contributed by atoms with E-state index in [1.165, 1.54) is 10.4 Å². The molecular formula is C20H22Cl2N2O4S. The Bertz CT molecular complexity index is 1010. The molecule has 1 aliphatic rings. The monoisotopic (exact) mass is 456 g/mol. The minimum absolute atomic E-state index is 0.0960.